The lowest BCUT2D eigenvalue weighted by Gasteiger charge is -2.04. The molecule has 8 nitrogen and oxygen atoms in total. The van der Waals surface area contributed by atoms with Gasteiger partial charge in [-0.25, -0.2) is 10.2 Å². The second-order valence-electron chi connectivity index (χ2n) is 5.53. The summed E-state index contributed by atoms with van der Waals surface area (Å²) in [7, 11) is 1.55. The van der Waals surface area contributed by atoms with E-state index in [1.807, 2.05) is 31.2 Å². The quantitative estimate of drug-likeness (QED) is 0.407. The van der Waals surface area contributed by atoms with Crippen molar-refractivity contribution < 1.29 is 0 Å². The minimum absolute atomic E-state index is 0.285. The molecule has 0 unspecified atom stereocenters. The number of benzene rings is 1. The van der Waals surface area contributed by atoms with Crippen LogP contribution in [0.2, 0.25) is 5.02 Å². The molecule has 0 aliphatic rings. The van der Waals surface area contributed by atoms with Crippen LogP contribution in [-0.4, -0.2) is 25.3 Å². The molecule has 2 aromatic heterocycles. The van der Waals surface area contributed by atoms with Crippen molar-refractivity contribution in [1.29, 1.82) is 0 Å². The number of aromatic amines is 1. The summed E-state index contributed by atoms with van der Waals surface area (Å²) in [5, 5.41) is 4.80. The van der Waals surface area contributed by atoms with Gasteiger partial charge < -0.3 is 0 Å². The molecule has 0 fully saturated rings. The Labute approximate surface area is 153 Å². The van der Waals surface area contributed by atoms with E-state index in [0.29, 0.717) is 23.0 Å². The number of allylic oxidation sites excluding steroid dienone is 2. The number of hydrogen-bond donors (Lipinski definition) is 2. The van der Waals surface area contributed by atoms with Crippen LogP contribution in [-0.2, 0) is 13.6 Å². The number of halogens is 1. The molecule has 1 aromatic carbocycles. The summed E-state index contributed by atoms with van der Waals surface area (Å²) in [6.45, 7) is 2.29. The molecule has 26 heavy (non-hydrogen) atoms. The summed E-state index contributed by atoms with van der Waals surface area (Å²) >= 11 is 5.86. The molecule has 2 N–H and O–H groups in total. The molecule has 0 saturated carbocycles. The minimum atomic E-state index is -0.519. The van der Waals surface area contributed by atoms with Gasteiger partial charge in [-0.3, -0.25) is 18.9 Å². The maximum Gasteiger partial charge on any atom is 0.329 e. The maximum absolute atomic E-state index is 12.2. The van der Waals surface area contributed by atoms with Crippen molar-refractivity contribution in [1.82, 2.24) is 19.1 Å². The van der Waals surface area contributed by atoms with E-state index in [1.54, 1.807) is 30.0 Å². The van der Waals surface area contributed by atoms with Crippen molar-refractivity contribution in [2.24, 2.45) is 12.1 Å². The van der Waals surface area contributed by atoms with Gasteiger partial charge in [0.2, 0.25) is 5.95 Å². The number of fused-ring (bicyclic) bond motifs is 1. The Balaban J connectivity index is 2.02. The van der Waals surface area contributed by atoms with Crippen molar-refractivity contribution in [2.75, 3.05) is 5.43 Å². The fourth-order valence-corrected chi connectivity index (χ4v) is 2.55. The van der Waals surface area contributed by atoms with Gasteiger partial charge in [0.15, 0.2) is 11.2 Å². The number of rotatable bonds is 5. The van der Waals surface area contributed by atoms with Crippen LogP contribution >= 0.6 is 11.6 Å². The molecule has 0 saturated heterocycles. The molecule has 0 aliphatic carbocycles. The summed E-state index contributed by atoms with van der Waals surface area (Å²) < 4.78 is 2.95. The molecular formula is C17H17ClN6O2. The van der Waals surface area contributed by atoms with Gasteiger partial charge in [-0.15, -0.1) is 0 Å². The normalized spacial score (nSPS) is 11.8. The van der Waals surface area contributed by atoms with Crippen LogP contribution in [0.1, 0.15) is 12.5 Å². The third kappa shape index (κ3) is 3.45. The fourth-order valence-electron chi connectivity index (χ4n) is 2.42. The number of aromatic nitrogens is 4. The monoisotopic (exact) mass is 372 g/mol. The highest BCUT2D eigenvalue weighted by molar-refractivity contribution is 6.30. The topological polar surface area (TPSA) is 97.1 Å². The van der Waals surface area contributed by atoms with E-state index in [0.717, 1.165) is 5.56 Å². The predicted octanol–water partition coefficient (Wildman–Crippen LogP) is 2.10. The van der Waals surface area contributed by atoms with E-state index >= 15 is 0 Å². The first kappa shape index (κ1) is 17.7. The van der Waals surface area contributed by atoms with E-state index in [2.05, 4.69) is 20.5 Å². The number of hydrazone groups is 1. The Hall–Kier alpha value is -3.13. The van der Waals surface area contributed by atoms with Gasteiger partial charge in [-0.05, 0) is 24.6 Å². The third-order valence-corrected chi connectivity index (χ3v) is 4.03. The Bertz CT molecular complexity index is 1110. The number of nitrogens with one attached hydrogen (secondary N) is 2. The molecule has 3 aromatic rings. The van der Waals surface area contributed by atoms with Gasteiger partial charge in [0.25, 0.3) is 5.56 Å². The van der Waals surface area contributed by atoms with Gasteiger partial charge in [-0.2, -0.15) is 10.1 Å². The summed E-state index contributed by atoms with van der Waals surface area (Å²) in [6, 6.07) is 7.18. The van der Waals surface area contributed by atoms with E-state index < -0.39 is 11.2 Å². The number of imidazole rings is 1. The van der Waals surface area contributed by atoms with Crippen molar-refractivity contribution >= 4 is 34.9 Å². The second-order valence-corrected chi connectivity index (χ2v) is 5.96. The summed E-state index contributed by atoms with van der Waals surface area (Å²) in [4.78, 5) is 30.7. The molecule has 0 bridgehead atoms. The average Bonchev–Trinajstić information content (AvgIpc) is 2.99. The molecule has 2 heterocycles. The van der Waals surface area contributed by atoms with Crippen molar-refractivity contribution in [2.45, 2.75) is 13.5 Å². The van der Waals surface area contributed by atoms with Gasteiger partial charge in [0.05, 0.1) is 6.21 Å². The minimum Gasteiger partial charge on any atom is -0.299 e. The van der Waals surface area contributed by atoms with Crippen LogP contribution in [0, 0.1) is 0 Å². The first-order valence-electron chi connectivity index (χ1n) is 7.86. The van der Waals surface area contributed by atoms with Crippen molar-refractivity contribution in [3.05, 3.63) is 67.8 Å². The highest BCUT2D eigenvalue weighted by Gasteiger charge is 2.16. The zero-order valence-electron chi connectivity index (χ0n) is 14.2. The lowest BCUT2D eigenvalue weighted by molar-refractivity contribution is 0.818. The highest BCUT2D eigenvalue weighted by Crippen LogP contribution is 2.15. The van der Waals surface area contributed by atoms with Crippen LogP contribution in [0.4, 0.5) is 5.95 Å². The third-order valence-electron chi connectivity index (χ3n) is 3.78. The van der Waals surface area contributed by atoms with Crippen molar-refractivity contribution in [3.63, 3.8) is 0 Å². The first-order valence-corrected chi connectivity index (χ1v) is 8.24. The molecule has 0 amide bonds. The molecule has 0 atom stereocenters. The van der Waals surface area contributed by atoms with E-state index in [-0.39, 0.29) is 5.65 Å². The van der Waals surface area contributed by atoms with Crippen LogP contribution in [0.5, 0.6) is 0 Å². The number of H-pyrrole nitrogens is 1. The smallest absolute Gasteiger partial charge is 0.299 e. The van der Waals surface area contributed by atoms with Gasteiger partial charge in [-0.1, -0.05) is 35.9 Å². The van der Waals surface area contributed by atoms with Crippen LogP contribution in [0.25, 0.3) is 11.2 Å². The number of aryl methyl sites for hydroxylation is 1. The predicted molar refractivity (Wildman–Crippen MR) is 103 cm³/mol. The number of hydrogen-bond acceptors (Lipinski definition) is 5. The second kappa shape index (κ2) is 7.40. The SMILES string of the molecule is CC=CCn1c(N/N=C\c2ccc(Cl)cc2)nc2c1c(=O)[nH]c(=O)n2C. The fraction of sp³-hybridized carbons (Fsp3) is 0.176. The van der Waals surface area contributed by atoms with Crippen LogP contribution < -0.4 is 16.7 Å². The highest BCUT2D eigenvalue weighted by atomic mass is 35.5. The lowest BCUT2D eigenvalue weighted by Crippen LogP contribution is -2.29. The lowest BCUT2D eigenvalue weighted by atomic mass is 10.2. The summed E-state index contributed by atoms with van der Waals surface area (Å²) in [6.07, 6.45) is 5.35. The zero-order chi connectivity index (χ0) is 18.7. The molecule has 0 radical (unpaired) electrons. The molecule has 0 aliphatic heterocycles. The first-order chi connectivity index (χ1) is 12.5. The van der Waals surface area contributed by atoms with Crippen LogP contribution in [0.15, 0.2) is 51.1 Å². The van der Waals surface area contributed by atoms with Gasteiger partial charge >= 0.3 is 5.69 Å². The molecule has 0 spiro atoms. The van der Waals surface area contributed by atoms with E-state index in [9.17, 15) is 9.59 Å². The molecule has 9 heteroatoms. The van der Waals surface area contributed by atoms with E-state index in [4.69, 9.17) is 11.6 Å². The van der Waals surface area contributed by atoms with Crippen molar-refractivity contribution in [3.8, 4) is 0 Å². The summed E-state index contributed by atoms with van der Waals surface area (Å²) in [5.74, 6) is 0.356. The van der Waals surface area contributed by atoms with Gasteiger partial charge in [0, 0.05) is 18.6 Å². The standard InChI is InChI=1S/C17H17ClN6O2/c1-3-4-9-24-13-14(23(2)17(26)21-15(13)25)20-16(24)22-19-10-11-5-7-12(18)8-6-11/h3-8,10H,9H2,1-2H3,(H,20,22)(H,21,25,26)/b4-3?,19-10-. The molecule has 134 valence electrons. The Morgan fingerprint density at radius 2 is 2.04 bits per heavy atom. The zero-order valence-corrected chi connectivity index (χ0v) is 15.0. The maximum atomic E-state index is 12.2. The Kier molecular flexibility index (Phi) is 5.04. The van der Waals surface area contributed by atoms with Gasteiger partial charge in [0.1, 0.15) is 0 Å². The number of nitrogens with zero attached hydrogens (tertiary/aromatic N) is 4. The average molecular weight is 373 g/mol. The number of anilines is 1. The Morgan fingerprint density at radius 1 is 1.31 bits per heavy atom. The summed E-state index contributed by atoms with van der Waals surface area (Å²) in [5.41, 5.74) is 3.26. The Morgan fingerprint density at radius 3 is 2.73 bits per heavy atom. The van der Waals surface area contributed by atoms with Crippen LogP contribution in [0.3, 0.4) is 0 Å². The molecular weight excluding hydrogens is 356 g/mol. The van der Waals surface area contributed by atoms with E-state index in [1.165, 1.54) is 4.57 Å². The largest absolute Gasteiger partial charge is 0.329 e. The molecule has 3 rings (SSSR count).